The molecule has 1 fully saturated rings. The number of nitrogens with zero attached hydrogens (tertiary/aromatic N) is 1. The number of hydrogen-bond acceptors (Lipinski definition) is 4. The van der Waals surface area contributed by atoms with E-state index in [4.69, 9.17) is 21.1 Å². The second-order valence-corrected chi connectivity index (χ2v) is 5.51. The lowest BCUT2D eigenvalue weighted by Gasteiger charge is -2.34. The summed E-state index contributed by atoms with van der Waals surface area (Å²) < 4.78 is 10.7. The average Bonchev–Trinajstić information content (AvgIpc) is 2.44. The van der Waals surface area contributed by atoms with Gasteiger partial charge < -0.3 is 19.7 Å². The molecule has 1 aliphatic heterocycles. The van der Waals surface area contributed by atoms with Gasteiger partial charge in [0, 0.05) is 44.0 Å². The minimum Gasteiger partial charge on any atom is -0.383 e. The number of hydrogen-bond donors (Lipinski definition) is 1. The quantitative estimate of drug-likeness (QED) is 0.817. The summed E-state index contributed by atoms with van der Waals surface area (Å²) in [6.45, 7) is 7.08. The van der Waals surface area contributed by atoms with Crippen molar-refractivity contribution >= 4 is 17.3 Å². The molecule has 4 nitrogen and oxygen atoms in total. The van der Waals surface area contributed by atoms with Crippen LogP contribution in [0.25, 0.3) is 0 Å². The summed E-state index contributed by atoms with van der Waals surface area (Å²) >= 11 is 6.13. The number of halogens is 1. The molecule has 0 saturated carbocycles. The Morgan fingerprint density at radius 1 is 1.50 bits per heavy atom. The van der Waals surface area contributed by atoms with Gasteiger partial charge >= 0.3 is 0 Å². The van der Waals surface area contributed by atoms with Crippen LogP contribution in [0.1, 0.15) is 12.5 Å². The van der Waals surface area contributed by atoms with E-state index in [1.54, 1.807) is 7.11 Å². The molecule has 0 aromatic heterocycles. The fourth-order valence-electron chi connectivity index (χ4n) is 2.44. The predicted octanol–water partition coefficient (Wildman–Crippen LogP) is 2.30. The maximum Gasteiger partial charge on any atom is 0.0722 e. The number of ether oxygens (including phenoxy) is 2. The van der Waals surface area contributed by atoms with Crippen LogP contribution in [0.15, 0.2) is 18.2 Å². The summed E-state index contributed by atoms with van der Waals surface area (Å²) in [5.74, 6) is 0. The van der Waals surface area contributed by atoms with Crippen LogP contribution in [0.5, 0.6) is 0 Å². The van der Waals surface area contributed by atoms with Gasteiger partial charge in [-0.05, 0) is 30.7 Å². The molecule has 0 spiro atoms. The lowest BCUT2D eigenvalue weighted by atomic mass is 10.1. The van der Waals surface area contributed by atoms with Crippen molar-refractivity contribution in [2.45, 2.75) is 19.6 Å². The lowest BCUT2D eigenvalue weighted by molar-refractivity contribution is 0.0531. The Morgan fingerprint density at radius 3 is 3.10 bits per heavy atom. The standard InChI is InChI=1S/C15H23ClN2O2/c1-12-11-18(6-8-20-12)15-4-3-14(16)9-13(15)10-17-5-7-19-2/h3-4,9,12,17H,5-8,10-11H2,1-2H3. The first-order chi connectivity index (χ1) is 9.70. The molecule has 1 N–H and O–H groups in total. The van der Waals surface area contributed by atoms with Crippen molar-refractivity contribution in [3.05, 3.63) is 28.8 Å². The largest absolute Gasteiger partial charge is 0.383 e. The van der Waals surface area contributed by atoms with E-state index in [0.29, 0.717) is 6.61 Å². The second-order valence-electron chi connectivity index (χ2n) is 5.07. The van der Waals surface area contributed by atoms with Gasteiger partial charge in [0.1, 0.15) is 0 Å². The van der Waals surface area contributed by atoms with E-state index in [0.717, 1.165) is 37.8 Å². The summed E-state index contributed by atoms with van der Waals surface area (Å²) in [6.07, 6.45) is 0.272. The summed E-state index contributed by atoms with van der Waals surface area (Å²) in [4.78, 5) is 2.37. The zero-order chi connectivity index (χ0) is 14.4. The molecular formula is C15H23ClN2O2. The fraction of sp³-hybridized carbons (Fsp3) is 0.600. The maximum absolute atomic E-state index is 6.13. The van der Waals surface area contributed by atoms with Crippen molar-refractivity contribution in [2.75, 3.05) is 44.9 Å². The number of nitrogens with one attached hydrogen (secondary N) is 1. The Balaban J connectivity index is 2.06. The van der Waals surface area contributed by atoms with Crippen LogP contribution < -0.4 is 10.2 Å². The zero-order valence-corrected chi connectivity index (χ0v) is 12.9. The van der Waals surface area contributed by atoms with Crippen molar-refractivity contribution in [3.63, 3.8) is 0 Å². The molecule has 2 rings (SSSR count). The molecule has 5 heteroatoms. The number of methoxy groups -OCH3 is 1. The lowest BCUT2D eigenvalue weighted by Crippen LogP contribution is -2.41. The first-order valence-corrected chi connectivity index (χ1v) is 7.43. The van der Waals surface area contributed by atoms with E-state index >= 15 is 0 Å². The molecule has 0 aliphatic carbocycles. The predicted molar refractivity (Wildman–Crippen MR) is 82.7 cm³/mol. The topological polar surface area (TPSA) is 33.7 Å². The van der Waals surface area contributed by atoms with Gasteiger partial charge in [0.2, 0.25) is 0 Å². The highest BCUT2D eigenvalue weighted by Gasteiger charge is 2.19. The zero-order valence-electron chi connectivity index (χ0n) is 12.2. The Hall–Kier alpha value is -0.810. The molecule has 1 saturated heterocycles. The van der Waals surface area contributed by atoms with Crippen molar-refractivity contribution in [2.24, 2.45) is 0 Å². The van der Waals surface area contributed by atoms with Crippen LogP contribution in [0.2, 0.25) is 5.02 Å². The molecule has 0 radical (unpaired) electrons. The molecule has 1 aromatic rings. The minimum absolute atomic E-state index is 0.272. The molecule has 1 unspecified atom stereocenters. The minimum atomic E-state index is 0.272. The van der Waals surface area contributed by atoms with Gasteiger partial charge in [0.15, 0.2) is 0 Å². The van der Waals surface area contributed by atoms with Crippen molar-refractivity contribution in [3.8, 4) is 0 Å². The smallest absolute Gasteiger partial charge is 0.0722 e. The molecule has 0 bridgehead atoms. The van der Waals surface area contributed by atoms with E-state index in [1.807, 2.05) is 12.1 Å². The average molecular weight is 299 g/mol. The summed E-state index contributed by atoms with van der Waals surface area (Å²) in [5, 5.41) is 4.16. The van der Waals surface area contributed by atoms with E-state index in [-0.39, 0.29) is 6.10 Å². The van der Waals surface area contributed by atoms with E-state index in [1.165, 1.54) is 11.3 Å². The van der Waals surface area contributed by atoms with Crippen LogP contribution in [-0.2, 0) is 16.0 Å². The number of anilines is 1. The Kier molecular flexibility index (Phi) is 6.10. The summed E-state index contributed by atoms with van der Waals surface area (Å²) in [5.41, 5.74) is 2.47. The first-order valence-electron chi connectivity index (χ1n) is 7.05. The molecular weight excluding hydrogens is 276 g/mol. The van der Waals surface area contributed by atoms with Crippen molar-refractivity contribution in [1.29, 1.82) is 0 Å². The third-order valence-electron chi connectivity index (χ3n) is 3.42. The van der Waals surface area contributed by atoms with Crippen molar-refractivity contribution < 1.29 is 9.47 Å². The van der Waals surface area contributed by atoms with E-state index < -0.39 is 0 Å². The highest BCUT2D eigenvalue weighted by molar-refractivity contribution is 6.30. The summed E-state index contributed by atoms with van der Waals surface area (Å²) in [6, 6.07) is 6.10. The van der Waals surface area contributed by atoms with Crippen molar-refractivity contribution in [1.82, 2.24) is 5.32 Å². The third kappa shape index (κ3) is 4.35. The maximum atomic E-state index is 6.13. The molecule has 1 aliphatic rings. The van der Waals surface area contributed by atoms with Gasteiger partial charge in [0.25, 0.3) is 0 Å². The van der Waals surface area contributed by atoms with Gasteiger partial charge in [-0.15, -0.1) is 0 Å². The molecule has 1 heterocycles. The van der Waals surface area contributed by atoms with E-state index in [2.05, 4.69) is 23.2 Å². The van der Waals surface area contributed by atoms with Gasteiger partial charge in [0.05, 0.1) is 19.3 Å². The normalized spacial score (nSPS) is 19.4. The van der Waals surface area contributed by atoms with Crippen LogP contribution >= 0.6 is 11.6 Å². The molecule has 1 aromatic carbocycles. The second kappa shape index (κ2) is 7.84. The summed E-state index contributed by atoms with van der Waals surface area (Å²) in [7, 11) is 1.71. The highest BCUT2D eigenvalue weighted by atomic mass is 35.5. The van der Waals surface area contributed by atoms with Crippen LogP contribution in [-0.4, -0.2) is 46.1 Å². The van der Waals surface area contributed by atoms with Crippen LogP contribution in [0, 0.1) is 0 Å². The van der Waals surface area contributed by atoms with Gasteiger partial charge in [-0.2, -0.15) is 0 Å². The Morgan fingerprint density at radius 2 is 2.35 bits per heavy atom. The first kappa shape index (κ1) is 15.6. The Bertz CT molecular complexity index is 428. The van der Waals surface area contributed by atoms with Gasteiger partial charge in [-0.25, -0.2) is 0 Å². The molecule has 20 heavy (non-hydrogen) atoms. The number of benzene rings is 1. The molecule has 112 valence electrons. The van der Waals surface area contributed by atoms with Crippen LogP contribution in [0.4, 0.5) is 5.69 Å². The third-order valence-corrected chi connectivity index (χ3v) is 3.66. The monoisotopic (exact) mass is 298 g/mol. The number of rotatable bonds is 6. The van der Waals surface area contributed by atoms with E-state index in [9.17, 15) is 0 Å². The van der Waals surface area contributed by atoms with Gasteiger partial charge in [-0.1, -0.05) is 11.6 Å². The Labute approximate surface area is 126 Å². The number of morpholine rings is 1. The fourth-order valence-corrected chi connectivity index (χ4v) is 2.63. The van der Waals surface area contributed by atoms with Gasteiger partial charge in [-0.3, -0.25) is 0 Å². The molecule has 1 atom stereocenters. The highest BCUT2D eigenvalue weighted by Crippen LogP contribution is 2.26. The molecule has 0 amide bonds. The van der Waals surface area contributed by atoms with Crippen LogP contribution in [0.3, 0.4) is 0 Å². The SMILES string of the molecule is COCCNCc1cc(Cl)ccc1N1CCOC(C)C1.